The Morgan fingerprint density at radius 2 is 2.03 bits per heavy atom. The first-order chi connectivity index (χ1) is 15.5. The van der Waals surface area contributed by atoms with Crippen LogP contribution < -0.4 is 4.74 Å². The molecule has 6 nitrogen and oxygen atoms in total. The molecule has 1 amide bonds. The van der Waals surface area contributed by atoms with Gasteiger partial charge in [-0.15, -0.1) is 10.2 Å². The molecule has 4 fully saturated rings. The van der Waals surface area contributed by atoms with Gasteiger partial charge in [-0.3, -0.25) is 9.20 Å². The number of halogens is 2. The molecule has 4 aliphatic rings. The van der Waals surface area contributed by atoms with Crippen LogP contribution in [0.1, 0.15) is 37.3 Å². The third-order valence-corrected chi connectivity index (χ3v) is 7.56. The number of carbonyl (C=O) groups excluding carboxylic acids is 1. The highest BCUT2D eigenvalue weighted by atomic mass is 19.1. The van der Waals surface area contributed by atoms with Gasteiger partial charge in [0.25, 0.3) is 0 Å². The van der Waals surface area contributed by atoms with Crippen LogP contribution in [0.15, 0.2) is 48.8 Å². The van der Waals surface area contributed by atoms with Gasteiger partial charge in [-0.05, 0) is 60.9 Å². The zero-order valence-electron chi connectivity index (χ0n) is 17.5. The minimum absolute atomic E-state index is 0.0200. The Hall–Kier alpha value is -3.03. The number of aromatic nitrogens is 3. The van der Waals surface area contributed by atoms with E-state index < -0.39 is 17.6 Å². The van der Waals surface area contributed by atoms with Crippen LogP contribution in [-0.2, 0) is 4.79 Å². The van der Waals surface area contributed by atoms with Gasteiger partial charge < -0.3 is 9.64 Å². The van der Waals surface area contributed by atoms with E-state index in [1.807, 2.05) is 18.2 Å². The highest BCUT2D eigenvalue weighted by molar-refractivity contribution is 5.85. The van der Waals surface area contributed by atoms with Gasteiger partial charge in [0.1, 0.15) is 18.3 Å². The normalized spacial score (nSPS) is 31.1. The number of amides is 1. The second-order valence-corrected chi connectivity index (χ2v) is 9.51. The molecule has 7 rings (SSSR count). The van der Waals surface area contributed by atoms with E-state index in [1.165, 1.54) is 12.1 Å². The van der Waals surface area contributed by atoms with Crippen molar-refractivity contribution in [3.05, 3.63) is 60.2 Å². The van der Waals surface area contributed by atoms with E-state index in [1.54, 1.807) is 27.8 Å². The van der Waals surface area contributed by atoms with Crippen molar-refractivity contribution in [3.63, 3.8) is 0 Å². The number of rotatable bonds is 5. The maximum atomic E-state index is 14.4. The zero-order valence-corrected chi connectivity index (χ0v) is 17.5. The first-order valence-corrected chi connectivity index (χ1v) is 11.1. The summed E-state index contributed by atoms with van der Waals surface area (Å²) in [6.45, 7) is 0.610. The van der Waals surface area contributed by atoms with E-state index >= 15 is 0 Å². The summed E-state index contributed by atoms with van der Waals surface area (Å²) < 4.78 is 36.0. The molecule has 3 aromatic rings. The fourth-order valence-electron chi connectivity index (χ4n) is 6.05. The second-order valence-electron chi connectivity index (χ2n) is 9.51. The molecular formula is C24H24F2N4O2. The molecule has 0 radical (unpaired) electrons. The van der Waals surface area contributed by atoms with Crippen LogP contribution in [0, 0.1) is 23.1 Å². The Bertz CT molecular complexity index is 1180. The molecule has 2 aromatic heterocycles. The molecule has 3 heterocycles. The Morgan fingerprint density at radius 1 is 1.19 bits per heavy atom. The van der Waals surface area contributed by atoms with Gasteiger partial charge in [0.05, 0.1) is 24.6 Å². The van der Waals surface area contributed by atoms with Crippen molar-refractivity contribution in [1.82, 2.24) is 19.5 Å². The molecule has 0 N–H and O–H groups in total. The number of carbonyl (C=O) groups is 1. The van der Waals surface area contributed by atoms with Gasteiger partial charge in [0.15, 0.2) is 5.65 Å². The number of benzene rings is 1. The van der Waals surface area contributed by atoms with Gasteiger partial charge in [-0.1, -0.05) is 18.2 Å². The number of likely N-dealkylation sites (tertiary alicyclic amines) is 1. The van der Waals surface area contributed by atoms with Crippen LogP contribution in [0.4, 0.5) is 8.78 Å². The highest BCUT2D eigenvalue weighted by Gasteiger charge is 2.62. The van der Waals surface area contributed by atoms with Crippen LogP contribution in [0.2, 0.25) is 0 Å². The molecule has 8 heteroatoms. The number of ether oxygens (including phenoxy) is 1. The Labute approximate surface area is 184 Å². The summed E-state index contributed by atoms with van der Waals surface area (Å²) in [7, 11) is 0. The maximum absolute atomic E-state index is 14.4. The zero-order chi connectivity index (χ0) is 21.9. The minimum Gasteiger partial charge on any atom is -0.478 e. The van der Waals surface area contributed by atoms with E-state index in [9.17, 15) is 13.6 Å². The topological polar surface area (TPSA) is 59.7 Å². The van der Waals surface area contributed by atoms with Crippen molar-refractivity contribution in [2.24, 2.45) is 17.3 Å². The minimum atomic E-state index is -1.08. The summed E-state index contributed by atoms with van der Waals surface area (Å²) in [6.07, 6.45) is 3.16. The van der Waals surface area contributed by atoms with E-state index in [2.05, 4.69) is 10.2 Å². The van der Waals surface area contributed by atoms with Gasteiger partial charge >= 0.3 is 0 Å². The summed E-state index contributed by atoms with van der Waals surface area (Å²) in [4.78, 5) is 15.2. The Kier molecular flexibility index (Phi) is 4.45. The molecule has 3 unspecified atom stereocenters. The lowest BCUT2D eigenvalue weighted by Crippen LogP contribution is -2.46. The average Bonchev–Trinajstić information content (AvgIpc) is 3.53. The quantitative estimate of drug-likeness (QED) is 0.605. The third kappa shape index (κ3) is 3.07. The van der Waals surface area contributed by atoms with Gasteiger partial charge in [-0.2, -0.15) is 0 Å². The second kappa shape index (κ2) is 7.25. The van der Waals surface area contributed by atoms with Gasteiger partial charge in [0.2, 0.25) is 11.8 Å². The van der Waals surface area contributed by atoms with Crippen molar-refractivity contribution in [2.75, 3.05) is 13.2 Å². The van der Waals surface area contributed by atoms with Crippen LogP contribution in [-0.4, -0.2) is 44.7 Å². The molecule has 32 heavy (non-hydrogen) atoms. The number of alkyl halides is 1. The molecule has 3 aliphatic carbocycles. The van der Waals surface area contributed by atoms with Crippen LogP contribution in [0.5, 0.6) is 5.88 Å². The van der Waals surface area contributed by atoms with E-state index in [0.717, 1.165) is 24.9 Å². The first-order valence-electron chi connectivity index (χ1n) is 11.1. The summed E-state index contributed by atoms with van der Waals surface area (Å²) >= 11 is 0. The predicted molar refractivity (Wildman–Crippen MR) is 112 cm³/mol. The molecule has 1 aliphatic heterocycles. The summed E-state index contributed by atoms with van der Waals surface area (Å²) in [6, 6.07) is 11.4. The number of hydrogen-bond donors (Lipinski definition) is 0. The predicted octanol–water partition coefficient (Wildman–Crippen LogP) is 3.98. The SMILES string of the molecule is O=C(N1CC(F)CC1c1cccc(F)c1)C12CC(COc3cccc4nncn34)C(C1)C2. The fraction of sp³-hybridized carbons (Fsp3) is 0.458. The highest BCUT2D eigenvalue weighted by Crippen LogP contribution is 2.63. The number of fused-ring (bicyclic) bond motifs is 2. The molecule has 1 saturated heterocycles. The molecule has 3 atom stereocenters. The summed E-state index contributed by atoms with van der Waals surface area (Å²) in [5.41, 5.74) is 0.963. The molecule has 1 aromatic carbocycles. The van der Waals surface area contributed by atoms with Crippen molar-refractivity contribution in [2.45, 2.75) is 37.9 Å². The monoisotopic (exact) mass is 438 g/mol. The van der Waals surface area contributed by atoms with Crippen LogP contribution in [0.25, 0.3) is 5.65 Å². The van der Waals surface area contributed by atoms with Gasteiger partial charge in [-0.25, -0.2) is 8.78 Å². The standard InChI is InChI=1S/C24H24F2N4O2/c25-18-4-1-3-15(7-18)20-8-19(26)12-29(20)23(31)24-9-16(10-24)17(11-24)13-32-22-6-2-5-21-28-27-14-30(21)22/h1-7,14,16-17,19-20H,8-13H2. The summed E-state index contributed by atoms with van der Waals surface area (Å²) in [5.74, 6) is 1.06. The Balaban J connectivity index is 1.16. The van der Waals surface area contributed by atoms with Gasteiger partial charge in [0, 0.05) is 6.42 Å². The number of pyridine rings is 1. The molecule has 3 saturated carbocycles. The average molecular weight is 438 g/mol. The third-order valence-electron chi connectivity index (χ3n) is 7.56. The fourth-order valence-corrected chi connectivity index (χ4v) is 6.05. The largest absolute Gasteiger partial charge is 0.478 e. The molecular weight excluding hydrogens is 414 g/mol. The number of hydrogen-bond acceptors (Lipinski definition) is 4. The lowest BCUT2D eigenvalue weighted by Gasteiger charge is -2.41. The Morgan fingerprint density at radius 3 is 2.88 bits per heavy atom. The van der Waals surface area contributed by atoms with Crippen molar-refractivity contribution < 1.29 is 18.3 Å². The van der Waals surface area contributed by atoms with Crippen molar-refractivity contribution in [3.8, 4) is 5.88 Å². The van der Waals surface area contributed by atoms with Crippen molar-refractivity contribution in [1.29, 1.82) is 0 Å². The van der Waals surface area contributed by atoms with E-state index in [0.29, 0.717) is 24.0 Å². The summed E-state index contributed by atoms with van der Waals surface area (Å²) in [5, 5.41) is 7.95. The smallest absolute Gasteiger partial charge is 0.229 e. The van der Waals surface area contributed by atoms with Crippen LogP contribution in [0.3, 0.4) is 0 Å². The van der Waals surface area contributed by atoms with Crippen LogP contribution >= 0.6 is 0 Å². The molecule has 0 spiro atoms. The molecule has 166 valence electrons. The molecule has 2 bridgehead atoms. The van der Waals surface area contributed by atoms with E-state index in [4.69, 9.17) is 4.74 Å². The van der Waals surface area contributed by atoms with Crippen molar-refractivity contribution >= 4 is 11.6 Å². The number of nitrogens with zero attached hydrogens (tertiary/aromatic N) is 4. The first kappa shape index (κ1) is 19.6. The lowest BCUT2D eigenvalue weighted by atomic mass is 9.68. The maximum Gasteiger partial charge on any atom is 0.229 e. The van der Waals surface area contributed by atoms with E-state index in [-0.39, 0.29) is 30.6 Å². The lowest BCUT2D eigenvalue weighted by molar-refractivity contribution is -0.147.